The Balaban J connectivity index is 2.60. The van der Waals surface area contributed by atoms with E-state index in [1.54, 1.807) is 0 Å². The van der Waals surface area contributed by atoms with Gasteiger partial charge in [-0.25, -0.2) is 0 Å². The zero-order valence-electron chi connectivity index (χ0n) is 8.72. The van der Waals surface area contributed by atoms with Gasteiger partial charge in [-0.1, -0.05) is 0 Å². The first-order valence-electron chi connectivity index (χ1n) is 5.15. The lowest BCUT2D eigenvalue weighted by molar-refractivity contribution is 0.0979. The minimum absolute atomic E-state index is 0.128. The molecule has 0 radical (unpaired) electrons. The number of hydrogen-bond acceptors (Lipinski definition) is 2. The van der Waals surface area contributed by atoms with Gasteiger partial charge in [-0.3, -0.25) is 9.59 Å². The van der Waals surface area contributed by atoms with E-state index in [0.29, 0.717) is 17.7 Å². The van der Waals surface area contributed by atoms with Gasteiger partial charge in [0.15, 0.2) is 5.78 Å². The van der Waals surface area contributed by atoms with Gasteiger partial charge in [0.1, 0.15) is 5.69 Å². The van der Waals surface area contributed by atoms with Gasteiger partial charge in [-0.05, 0) is 31.7 Å². The maximum Gasteiger partial charge on any atom is 0.265 e. The Morgan fingerprint density at radius 1 is 1.33 bits per heavy atom. The lowest BCUT2D eigenvalue weighted by Crippen LogP contribution is -2.14. The average molecular weight is 206 g/mol. The largest absolute Gasteiger partial charge is 0.364 e. The van der Waals surface area contributed by atoms with Crippen LogP contribution in [0.2, 0.25) is 0 Å². The van der Waals surface area contributed by atoms with Gasteiger partial charge < -0.3 is 10.7 Å². The zero-order chi connectivity index (χ0) is 11.0. The van der Waals surface area contributed by atoms with Crippen molar-refractivity contribution in [1.82, 2.24) is 4.98 Å². The predicted molar refractivity (Wildman–Crippen MR) is 55.9 cm³/mol. The van der Waals surface area contributed by atoms with E-state index < -0.39 is 5.91 Å². The Labute approximate surface area is 87.9 Å². The molecule has 1 aromatic rings. The normalized spacial score (nSPS) is 15.9. The number of aryl methyl sites for hydroxylation is 1. The average Bonchev–Trinajstić information content (AvgIpc) is 2.37. The number of H-pyrrole nitrogens is 1. The van der Waals surface area contributed by atoms with Gasteiger partial charge in [0.25, 0.3) is 5.91 Å². The number of aromatic amines is 1. The van der Waals surface area contributed by atoms with Crippen molar-refractivity contribution in [3.8, 4) is 0 Å². The van der Waals surface area contributed by atoms with Gasteiger partial charge in [0.2, 0.25) is 0 Å². The lowest BCUT2D eigenvalue weighted by Gasteiger charge is -1.99. The number of carbonyl (C=O) groups is 2. The van der Waals surface area contributed by atoms with E-state index in [9.17, 15) is 9.59 Å². The summed E-state index contributed by atoms with van der Waals surface area (Å²) in [6, 6.07) is 0. The lowest BCUT2D eigenvalue weighted by atomic mass is 10.0. The first-order chi connectivity index (χ1) is 7.11. The van der Waals surface area contributed by atoms with E-state index >= 15 is 0 Å². The molecule has 1 aliphatic rings. The van der Waals surface area contributed by atoms with Crippen LogP contribution < -0.4 is 5.73 Å². The van der Waals surface area contributed by atoms with E-state index in [1.807, 2.05) is 6.92 Å². The van der Waals surface area contributed by atoms with Crippen LogP contribution in [0.3, 0.4) is 0 Å². The maximum atomic E-state index is 11.8. The fraction of sp³-hybridized carbons (Fsp3) is 0.455. The molecule has 4 heteroatoms. The molecule has 4 nitrogen and oxygen atoms in total. The third-order valence-corrected chi connectivity index (χ3v) is 2.90. The van der Waals surface area contributed by atoms with Crippen molar-refractivity contribution in [2.75, 3.05) is 0 Å². The molecular formula is C11H14N2O2. The van der Waals surface area contributed by atoms with Crippen molar-refractivity contribution in [2.24, 2.45) is 5.73 Å². The quantitative estimate of drug-likeness (QED) is 0.680. The Hall–Kier alpha value is -1.58. The van der Waals surface area contributed by atoms with Crippen LogP contribution in [0.1, 0.15) is 51.4 Å². The highest BCUT2D eigenvalue weighted by Gasteiger charge is 2.24. The fourth-order valence-corrected chi connectivity index (χ4v) is 2.23. The van der Waals surface area contributed by atoms with Crippen LogP contribution in [-0.4, -0.2) is 16.7 Å². The number of ketones is 1. The summed E-state index contributed by atoms with van der Waals surface area (Å²) in [5, 5.41) is 0. The molecule has 0 fully saturated rings. The summed E-state index contributed by atoms with van der Waals surface area (Å²) in [6.07, 6.45) is 3.18. The Bertz CT molecular complexity index is 432. The molecule has 0 saturated carbocycles. The van der Waals surface area contributed by atoms with E-state index in [4.69, 9.17) is 5.73 Å². The smallest absolute Gasteiger partial charge is 0.265 e. The minimum Gasteiger partial charge on any atom is -0.364 e. The van der Waals surface area contributed by atoms with Crippen LogP contribution in [0.15, 0.2) is 0 Å². The molecular weight excluding hydrogens is 192 g/mol. The number of rotatable bonds is 1. The van der Waals surface area contributed by atoms with Gasteiger partial charge >= 0.3 is 0 Å². The third-order valence-electron chi connectivity index (χ3n) is 2.90. The number of carbonyl (C=O) groups excluding carboxylic acids is 2. The van der Waals surface area contributed by atoms with Gasteiger partial charge in [-0.2, -0.15) is 0 Å². The number of Topliss-reactive ketones (excluding diaryl/α,β-unsaturated/α-hetero) is 1. The second-order valence-electron chi connectivity index (χ2n) is 3.97. The number of nitrogens with two attached hydrogens (primary N) is 1. The number of primary amides is 1. The van der Waals surface area contributed by atoms with E-state index in [-0.39, 0.29) is 5.78 Å². The summed E-state index contributed by atoms with van der Waals surface area (Å²) in [5.74, 6) is -0.349. The van der Waals surface area contributed by atoms with Crippen molar-refractivity contribution < 1.29 is 9.59 Å². The molecule has 3 N–H and O–H groups in total. The molecule has 0 aromatic carbocycles. The molecule has 1 aromatic heterocycles. The number of aromatic nitrogens is 1. The van der Waals surface area contributed by atoms with Crippen LogP contribution in [0, 0.1) is 6.92 Å². The highest BCUT2D eigenvalue weighted by atomic mass is 16.1. The topological polar surface area (TPSA) is 76.0 Å². The summed E-state index contributed by atoms with van der Waals surface area (Å²) >= 11 is 0. The number of hydrogen-bond donors (Lipinski definition) is 2. The molecule has 0 bridgehead atoms. The number of amides is 1. The number of fused-ring (bicyclic) bond motifs is 1. The Morgan fingerprint density at radius 2 is 2.00 bits per heavy atom. The highest BCUT2D eigenvalue weighted by molar-refractivity contribution is 6.03. The van der Waals surface area contributed by atoms with Crippen LogP contribution >= 0.6 is 0 Å². The van der Waals surface area contributed by atoms with Gasteiger partial charge in [0.05, 0.1) is 0 Å². The molecule has 0 unspecified atom stereocenters. The molecule has 0 aliphatic heterocycles. The Kier molecular flexibility index (Phi) is 2.34. The molecule has 80 valence electrons. The number of nitrogens with one attached hydrogen (secondary N) is 1. The molecule has 1 aliphatic carbocycles. The van der Waals surface area contributed by atoms with Gasteiger partial charge in [-0.15, -0.1) is 0 Å². The monoisotopic (exact) mass is 206 g/mol. The summed E-state index contributed by atoms with van der Waals surface area (Å²) in [6.45, 7) is 1.81. The molecule has 1 amide bonds. The summed E-state index contributed by atoms with van der Waals surface area (Å²) < 4.78 is 0. The van der Waals surface area contributed by atoms with Crippen molar-refractivity contribution in [3.63, 3.8) is 0 Å². The molecule has 2 rings (SSSR count). The third kappa shape index (κ3) is 1.56. The van der Waals surface area contributed by atoms with Crippen LogP contribution in [-0.2, 0) is 6.42 Å². The van der Waals surface area contributed by atoms with E-state index in [1.165, 1.54) is 0 Å². The van der Waals surface area contributed by atoms with Crippen molar-refractivity contribution in [1.29, 1.82) is 0 Å². The molecule has 0 atom stereocenters. The summed E-state index contributed by atoms with van der Waals surface area (Å²) in [7, 11) is 0. The van der Waals surface area contributed by atoms with Gasteiger partial charge in [0, 0.05) is 17.7 Å². The fourth-order valence-electron chi connectivity index (χ4n) is 2.23. The zero-order valence-corrected chi connectivity index (χ0v) is 8.72. The molecule has 0 saturated heterocycles. The van der Waals surface area contributed by atoms with E-state index in [0.717, 1.165) is 30.5 Å². The molecule has 0 spiro atoms. The second-order valence-corrected chi connectivity index (χ2v) is 3.97. The highest BCUT2D eigenvalue weighted by Crippen LogP contribution is 2.26. The SMILES string of the molecule is Cc1[nH]c(C(N)=O)c2c1C(=O)CCCC2. The van der Waals surface area contributed by atoms with Crippen LogP contribution in [0.5, 0.6) is 0 Å². The second kappa shape index (κ2) is 3.53. The first-order valence-corrected chi connectivity index (χ1v) is 5.15. The summed E-state index contributed by atoms with van der Waals surface area (Å²) in [4.78, 5) is 25.9. The van der Waals surface area contributed by atoms with E-state index in [2.05, 4.69) is 4.98 Å². The first kappa shape index (κ1) is 9.96. The summed E-state index contributed by atoms with van der Waals surface area (Å²) in [5.41, 5.74) is 7.97. The van der Waals surface area contributed by atoms with Crippen LogP contribution in [0.4, 0.5) is 0 Å². The Morgan fingerprint density at radius 3 is 2.67 bits per heavy atom. The molecule has 1 heterocycles. The van der Waals surface area contributed by atoms with Crippen molar-refractivity contribution in [3.05, 3.63) is 22.5 Å². The van der Waals surface area contributed by atoms with Crippen molar-refractivity contribution >= 4 is 11.7 Å². The standard InChI is InChI=1S/C11H14N2O2/c1-6-9-7(10(13-6)11(12)15)4-2-3-5-8(9)14/h13H,2-5H2,1H3,(H2,12,15). The van der Waals surface area contributed by atoms with Crippen molar-refractivity contribution in [2.45, 2.75) is 32.6 Å². The molecule has 15 heavy (non-hydrogen) atoms. The van der Waals surface area contributed by atoms with Crippen LogP contribution in [0.25, 0.3) is 0 Å². The predicted octanol–water partition coefficient (Wildman–Crippen LogP) is 1.33. The maximum absolute atomic E-state index is 11.8. The minimum atomic E-state index is -0.478.